The molecule has 1 aromatic rings. The van der Waals surface area contributed by atoms with E-state index in [1.165, 1.54) is 0 Å². The Morgan fingerprint density at radius 3 is 2.35 bits per heavy atom. The second kappa shape index (κ2) is 8.31. The summed E-state index contributed by atoms with van der Waals surface area (Å²) in [5.74, 6) is 0.664. The average Bonchev–Trinajstić information content (AvgIpc) is 3.13. The lowest BCUT2D eigenvalue weighted by molar-refractivity contribution is -0.147. The van der Waals surface area contributed by atoms with Crippen molar-refractivity contribution in [2.45, 2.75) is 64.2 Å². The Hall–Kier alpha value is -2.32. The van der Waals surface area contributed by atoms with Crippen LogP contribution in [-0.4, -0.2) is 71.7 Å². The Bertz CT molecular complexity index is 830. The predicted molar refractivity (Wildman–Crippen MR) is 117 cm³/mol. The molecule has 3 heterocycles. The van der Waals surface area contributed by atoms with E-state index < -0.39 is 11.8 Å². The van der Waals surface area contributed by atoms with Gasteiger partial charge in [0.15, 0.2) is 11.5 Å². The summed E-state index contributed by atoms with van der Waals surface area (Å²) in [7, 11) is 0. The highest BCUT2D eigenvalue weighted by Gasteiger charge is 2.39. The van der Waals surface area contributed by atoms with Gasteiger partial charge in [-0.25, -0.2) is 0 Å². The zero-order chi connectivity index (χ0) is 22.2. The van der Waals surface area contributed by atoms with Gasteiger partial charge < -0.3 is 25.0 Å². The van der Waals surface area contributed by atoms with Crippen LogP contribution < -0.4 is 20.1 Å². The number of nitrogens with one attached hydrogen (secondary N) is 2. The summed E-state index contributed by atoms with van der Waals surface area (Å²) in [6, 6.07) is 5.98. The number of hydrogen-bond donors (Lipinski definition) is 2. The smallest absolute Gasteiger partial charge is 0.311 e. The molecule has 8 nitrogen and oxygen atoms in total. The SMILES string of the molecule is CC1(C)CC(NC(=O)C(=O)N2CCN(Cc3ccc4c(c3)OCO4)CC2)CC(C)(C)N1. The second-order valence-electron chi connectivity index (χ2n) is 10.2. The third kappa shape index (κ3) is 5.30. The van der Waals surface area contributed by atoms with E-state index in [1.54, 1.807) is 4.90 Å². The van der Waals surface area contributed by atoms with Gasteiger partial charge in [0.05, 0.1) is 0 Å². The van der Waals surface area contributed by atoms with Gasteiger partial charge in [-0.05, 0) is 58.2 Å². The van der Waals surface area contributed by atoms with Gasteiger partial charge in [-0.15, -0.1) is 0 Å². The lowest BCUT2D eigenvalue weighted by Crippen LogP contribution is -2.63. The summed E-state index contributed by atoms with van der Waals surface area (Å²) in [6.45, 7) is 12.2. The third-order valence-corrected chi connectivity index (χ3v) is 6.22. The minimum atomic E-state index is -0.484. The average molecular weight is 431 g/mol. The second-order valence-corrected chi connectivity index (χ2v) is 10.2. The highest BCUT2D eigenvalue weighted by atomic mass is 16.7. The zero-order valence-electron chi connectivity index (χ0n) is 19.0. The van der Waals surface area contributed by atoms with Crippen LogP contribution in [0.25, 0.3) is 0 Å². The largest absolute Gasteiger partial charge is 0.454 e. The first-order valence-corrected chi connectivity index (χ1v) is 11.1. The molecular formula is C23H34N4O4. The van der Waals surface area contributed by atoms with Crippen molar-refractivity contribution in [3.63, 3.8) is 0 Å². The number of benzene rings is 1. The van der Waals surface area contributed by atoms with Crippen LogP contribution in [0.4, 0.5) is 0 Å². The van der Waals surface area contributed by atoms with Crippen LogP contribution in [-0.2, 0) is 16.1 Å². The van der Waals surface area contributed by atoms with Crippen LogP contribution in [0.1, 0.15) is 46.1 Å². The van der Waals surface area contributed by atoms with Gasteiger partial charge in [-0.2, -0.15) is 0 Å². The van der Waals surface area contributed by atoms with E-state index in [9.17, 15) is 9.59 Å². The van der Waals surface area contributed by atoms with Crippen LogP contribution >= 0.6 is 0 Å². The van der Waals surface area contributed by atoms with Gasteiger partial charge in [0.25, 0.3) is 0 Å². The van der Waals surface area contributed by atoms with Crippen molar-refractivity contribution in [3.05, 3.63) is 23.8 Å². The van der Waals surface area contributed by atoms with Gasteiger partial charge in [0.2, 0.25) is 6.79 Å². The van der Waals surface area contributed by atoms with Crippen LogP contribution in [0, 0.1) is 0 Å². The van der Waals surface area contributed by atoms with Crippen molar-refractivity contribution in [3.8, 4) is 11.5 Å². The lowest BCUT2D eigenvalue weighted by atomic mass is 9.79. The predicted octanol–water partition coefficient (Wildman–Crippen LogP) is 1.48. The molecule has 2 fully saturated rings. The number of carbonyl (C=O) groups excluding carboxylic acids is 2. The van der Waals surface area contributed by atoms with E-state index in [2.05, 4.69) is 43.2 Å². The number of amides is 2. The van der Waals surface area contributed by atoms with Crippen molar-refractivity contribution >= 4 is 11.8 Å². The van der Waals surface area contributed by atoms with Crippen LogP contribution in [0.2, 0.25) is 0 Å². The van der Waals surface area contributed by atoms with Crippen LogP contribution in [0.3, 0.4) is 0 Å². The Morgan fingerprint density at radius 1 is 1.03 bits per heavy atom. The summed E-state index contributed by atoms with van der Waals surface area (Å²) < 4.78 is 10.8. The first-order chi connectivity index (χ1) is 14.6. The zero-order valence-corrected chi connectivity index (χ0v) is 19.0. The summed E-state index contributed by atoms with van der Waals surface area (Å²) in [4.78, 5) is 29.3. The first kappa shape index (κ1) is 21.9. The van der Waals surface area contributed by atoms with Gasteiger partial charge >= 0.3 is 11.8 Å². The summed E-state index contributed by atoms with van der Waals surface area (Å²) in [5, 5.41) is 6.59. The molecule has 3 aliphatic rings. The lowest BCUT2D eigenvalue weighted by Gasteiger charge is -2.46. The monoisotopic (exact) mass is 430 g/mol. The Labute approximate surface area is 184 Å². The van der Waals surface area contributed by atoms with Gasteiger partial charge in [-0.3, -0.25) is 14.5 Å². The molecule has 31 heavy (non-hydrogen) atoms. The maximum absolute atomic E-state index is 12.7. The number of piperazine rings is 1. The molecule has 2 saturated heterocycles. The molecule has 3 aliphatic heterocycles. The van der Waals surface area contributed by atoms with Crippen LogP contribution in [0.5, 0.6) is 11.5 Å². The molecule has 0 radical (unpaired) electrons. The number of nitrogens with zero attached hydrogens (tertiary/aromatic N) is 2. The number of hydrogen-bond acceptors (Lipinski definition) is 6. The molecule has 4 rings (SSSR count). The molecule has 1 aromatic carbocycles. The fourth-order valence-electron chi connectivity index (χ4n) is 5.22. The highest BCUT2D eigenvalue weighted by molar-refractivity contribution is 6.35. The third-order valence-electron chi connectivity index (χ3n) is 6.22. The van der Waals surface area contributed by atoms with Crippen LogP contribution in [0.15, 0.2) is 18.2 Å². The van der Waals surface area contributed by atoms with Crippen molar-refractivity contribution < 1.29 is 19.1 Å². The summed E-state index contributed by atoms with van der Waals surface area (Å²) >= 11 is 0. The quantitative estimate of drug-likeness (QED) is 0.707. The van der Waals surface area contributed by atoms with E-state index in [0.717, 1.165) is 49.5 Å². The molecule has 0 aromatic heterocycles. The molecule has 0 bridgehead atoms. The number of fused-ring (bicyclic) bond motifs is 1. The van der Waals surface area contributed by atoms with E-state index in [-0.39, 0.29) is 23.9 Å². The van der Waals surface area contributed by atoms with E-state index >= 15 is 0 Å². The maximum Gasteiger partial charge on any atom is 0.311 e. The number of carbonyl (C=O) groups is 2. The summed E-state index contributed by atoms with van der Waals surface area (Å²) in [6.07, 6.45) is 1.61. The fraction of sp³-hybridized carbons (Fsp3) is 0.652. The molecule has 0 unspecified atom stereocenters. The molecular weight excluding hydrogens is 396 g/mol. The highest BCUT2D eigenvalue weighted by Crippen LogP contribution is 2.33. The molecule has 170 valence electrons. The van der Waals surface area contributed by atoms with Crippen molar-refractivity contribution in [2.24, 2.45) is 0 Å². The standard InChI is InChI=1S/C23H34N4O4/c1-22(2)12-17(13-23(3,4)25-22)24-20(28)21(29)27-9-7-26(8-10-27)14-16-5-6-18-19(11-16)31-15-30-18/h5-6,11,17,25H,7-10,12-15H2,1-4H3,(H,24,28). The Balaban J connectivity index is 1.26. The molecule has 0 aliphatic carbocycles. The minimum Gasteiger partial charge on any atom is -0.454 e. The molecule has 0 spiro atoms. The fourth-order valence-corrected chi connectivity index (χ4v) is 5.22. The molecule has 0 saturated carbocycles. The number of rotatable bonds is 3. The van der Waals surface area contributed by atoms with E-state index in [0.29, 0.717) is 13.1 Å². The molecule has 8 heteroatoms. The molecule has 0 atom stereocenters. The van der Waals surface area contributed by atoms with Gasteiger partial charge in [0, 0.05) is 49.8 Å². The number of ether oxygens (including phenoxy) is 2. The Kier molecular flexibility index (Phi) is 5.87. The maximum atomic E-state index is 12.7. The van der Waals surface area contributed by atoms with Gasteiger partial charge in [0.1, 0.15) is 0 Å². The van der Waals surface area contributed by atoms with E-state index in [1.807, 2.05) is 18.2 Å². The summed E-state index contributed by atoms with van der Waals surface area (Å²) in [5.41, 5.74) is 0.990. The van der Waals surface area contributed by atoms with Crippen molar-refractivity contribution in [2.75, 3.05) is 33.0 Å². The normalized spacial score (nSPS) is 22.9. The molecule has 2 N–H and O–H groups in total. The van der Waals surface area contributed by atoms with Gasteiger partial charge in [-0.1, -0.05) is 6.07 Å². The van der Waals surface area contributed by atoms with E-state index in [4.69, 9.17) is 9.47 Å². The first-order valence-electron chi connectivity index (χ1n) is 11.1. The van der Waals surface area contributed by atoms with Crippen molar-refractivity contribution in [1.29, 1.82) is 0 Å². The number of piperidine rings is 1. The minimum absolute atomic E-state index is 0.00463. The molecule has 2 amide bonds. The topological polar surface area (TPSA) is 83.1 Å². The Morgan fingerprint density at radius 2 is 1.68 bits per heavy atom. The van der Waals surface area contributed by atoms with Crippen molar-refractivity contribution in [1.82, 2.24) is 20.4 Å².